The van der Waals surface area contributed by atoms with Crippen LogP contribution in [-0.4, -0.2) is 18.0 Å². The van der Waals surface area contributed by atoms with Crippen LogP contribution in [0.25, 0.3) is 44.5 Å². The molecule has 0 aliphatic heterocycles. The van der Waals surface area contributed by atoms with Crippen LogP contribution in [0.15, 0.2) is 95.7 Å². The molecule has 0 fully saturated rings. The number of nitrogens with zero attached hydrogens (tertiary/aromatic N) is 2. The van der Waals surface area contributed by atoms with E-state index < -0.39 is 21.8 Å². The molecule has 0 unspecified atom stereocenters. The van der Waals surface area contributed by atoms with Crippen molar-refractivity contribution in [1.82, 2.24) is 9.97 Å². The van der Waals surface area contributed by atoms with Crippen molar-refractivity contribution in [2.75, 3.05) is 0 Å². The van der Waals surface area contributed by atoms with E-state index in [1.807, 2.05) is 36.5 Å². The van der Waals surface area contributed by atoms with Gasteiger partial charge in [-0.3, -0.25) is 0 Å². The second kappa shape index (κ2) is 11.6. The van der Waals surface area contributed by atoms with Crippen LogP contribution in [0.4, 0.5) is 0 Å². The fraction of sp³-hybridized carbons (Fsp3) is 0.152. The minimum atomic E-state index is -2.18. The molecule has 38 heavy (non-hydrogen) atoms. The molecule has 0 spiro atoms. The van der Waals surface area contributed by atoms with Crippen LogP contribution in [0.3, 0.4) is 0 Å². The molecule has 3 aromatic heterocycles. The van der Waals surface area contributed by atoms with E-state index in [4.69, 9.17) is 12.6 Å². The van der Waals surface area contributed by atoms with E-state index in [0.717, 1.165) is 33.2 Å². The molecular weight excluding hydrogens is 661 g/mol. The Labute approximate surface area is 247 Å². The fourth-order valence-corrected chi connectivity index (χ4v) is 5.21. The SMILES string of the molecule is C[Si](C)(C)c1cc[c-]c(-c2nccc3c2oc2ccccc23)c1.[2H]C([2H])([2H])c1c[c-]c(-c2ccc(C([2H])([2H])[2H])cn2)cc1.[Ir]. The topological polar surface area (TPSA) is 38.9 Å². The van der Waals surface area contributed by atoms with Crippen LogP contribution >= 0.6 is 0 Å². The summed E-state index contributed by atoms with van der Waals surface area (Å²) in [6.07, 6.45) is 3.16. The average Bonchev–Trinajstić information content (AvgIpc) is 3.35. The molecule has 6 rings (SSSR count). The Kier molecular flexibility index (Phi) is 6.26. The van der Waals surface area contributed by atoms with Crippen molar-refractivity contribution in [1.29, 1.82) is 0 Å². The fourth-order valence-electron chi connectivity index (χ4n) is 4.05. The van der Waals surface area contributed by atoms with E-state index >= 15 is 0 Å². The summed E-state index contributed by atoms with van der Waals surface area (Å²) in [6.45, 7) is 2.71. The Hall–Kier alpha value is -3.37. The Morgan fingerprint density at radius 1 is 0.816 bits per heavy atom. The number of aromatic nitrogens is 2. The van der Waals surface area contributed by atoms with Gasteiger partial charge in [0.1, 0.15) is 11.2 Å². The van der Waals surface area contributed by atoms with Crippen molar-refractivity contribution >= 4 is 35.2 Å². The summed E-state index contributed by atoms with van der Waals surface area (Å²) in [5, 5.41) is 3.64. The summed E-state index contributed by atoms with van der Waals surface area (Å²) in [5.41, 5.74) is 5.18. The smallest absolute Gasteiger partial charge is 0.134 e. The van der Waals surface area contributed by atoms with Gasteiger partial charge in [-0.05, 0) is 30.2 Å². The zero-order valence-electron chi connectivity index (χ0n) is 27.3. The minimum absolute atomic E-state index is 0. The summed E-state index contributed by atoms with van der Waals surface area (Å²) < 4.78 is 49.7. The van der Waals surface area contributed by atoms with Crippen LogP contribution in [0, 0.1) is 25.8 Å². The monoisotopic (exact) mass is 697 g/mol. The molecule has 193 valence electrons. The molecule has 1 radical (unpaired) electrons. The van der Waals surface area contributed by atoms with Crippen molar-refractivity contribution in [2.24, 2.45) is 0 Å². The molecule has 0 bridgehead atoms. The van der Waals surface area contributed by atoms with Crippen molar-refractivity contribution < 1.29 is 32.7 Å². The van der Waals surface area contributed by atoms with Gasteiger partial charge in [0.15, 0.2) is 0 Å². The molecular formula is C33H30IrN2OSi-2. The maximum Gasteiger partial charge on any atom is 0.134 e. The van der Waals surface area contributed by atoms with E-state index in [-0.39, 0.29) is 31.2 Å². The van der Waals surface area contributed by atoms with E-state index in [1.165, 1.54) is 29.6 Å². The largest absolute Gasteiger partial charge is 0.464 e. The number of benzene rings is 3. The summed E-state index contributed by atoms with van der Waals surface area (Å²) in [5.74, 6) is 0. The first kappa shape index (κ1) is 20.6. The van der Waals surface area contributed by atoms with Crippen molar-refractivity contribution in [3.63, 3.8) is 0 Å². The molecule has 3 nitrogen and oxygen atoms in total. The number of hydrogen-bond donors (Lipinski definition) is 0. The predicted molar refractivity (Wildman–Crippen MR) is 157 cm³/mol. The van der Waals surface area contributed by atoms with E-state index in [1.54, 1.807) is 12.1 Å². The van der Waals surface area contributed by atoms with Crippen LogP contribution in [0.2, 0.25) is 19.6 Å². The molecule has 0 saturated carbocycles. The third-order valence-electron chi connectivity index (χ3n) is 6.07. The van der Waals surface area contributed by atoms with Gasteiger partial charge in [-0.1, -0.05) is 56.8 Å². The molecule has 0 aliphatic carbocycles. The Morgan fingerprint density at radius 2 is 1.63 bits per heavy atom. The first-order chi connectivity index (χ1) is 20.2. The van der Waals surface area contributed by atoms with Gasteiger partial charge in [0.2, 0.25) is 0 Å². The number of aryl methyl sites for hydroxylation is 2. The molecule has 5 heteroatoms. The molecule has 0 aliphatic rings. The maximum absolute atomic E-state index is 7.28. The molecule has 0 amide bonds. The molecule has 0 saturated heterocycles. The first-order valence-corrected chi connectivity index (χ1v) is 15.5. The number of furan rings is 1. The van der Waals surface area contributed by atoms with Crippen molar-refractivity contribution in [3.8, 4) is 22.5 Å². The summed E-state index contributed by atoms with van der Waals surface area (Å²) >= 11 is 0. The average molecular weight is 697 g/mol. The number of fused-ring (bicyclic) bond motifs is 3. The zero-order valence-corrected chi connectivity index (χ0v) is 24.7. The van der Waals surface area contributed by atoms with Gasteiger partial charge < -0.3 is 14.4 Å². The van der Waals surface area contributed by atoms with E-state index in [9.17, 15) is 0 Å². The third kappa shape index (κ3) is 6.02. The predicted octanol–water partition coefficient (Wildman–Crippen LogP) is 8.16. The van der Waals surface area contributed by atoms with Gasteiger partial charge in [0, 0.05) is 57.2 Å². The Morgan fingerprint density at radius 3 is 2.34 bits per heavy atom. The zero-order chi connectivity index (χ0) is 31.0. The molecule has 3 heterocycles. The standard InChI is InChI=1S/C20H18NOSi.C13H12N.Ir/c1-23(2,3)15-8-6-7-14(13-15)19-20-17(11-12-21-19)16-9-4-5-10-18(16)22-20;1-10-3-6-12(7-4-10)13-8-5-11(2)9-14-13;/h4-6,8-13H,1-3H3;3-6,8-9H,1-2H3;/q2*-1;/i;1D3,2D3;. The van der Waals surface area contributed by atoms with Gasteiger partial charge in [-0.25, -0.2) is 0 Å². The first-order valence-electron chi connectivity index (χ1n) is 15.0. The number of para-hydroxylation sites is 1. The number of rotatable bonds is 3. The second-order valence-electron chi connectivity index (χ2n) is 9.80. The normalized spacial score (nSPS) is 14.1. The molecule has 3 aromatic carbocycles. The summed E-state index contributed by atoms with van der Waals surface area (Å²) in [7, 11) is -1.38. The van der Waals surface area contributed by atoms with E-state index in [0.29, 0.717) is 11.3 Å². The molecule has 0 N–H and O–H groups in total. The van der Waals surface area contributed by atoms with Gasteiger partial charge in [0.25, 0.3) is 0 Å². The Bertz CT molecular complexity index is 1820. The van der Waals surface area contributed by atoms with Crippen LogP contribution in [-0.2, 0) is 20.1 Å². The van der Waals surface area contributed by atoms with Gasteiger partial charge >= 0.3 is 0 Å². The van der Waals surface area contributed by atoms with Gasteiger partial charge in [-0.15, -0.1) is 70.4 Å². The quantitative estimate of drug-likeness (QED) is 0.139. The Balaban J connectivity index is 0.000000199. The number of hydrogen-bond acceptors (Lipinski definition) is 3. The van der Waals surface area contributed by atoms with Crippen LogP contribution in [0.5, 0.6) is 0 Å². The number of pyridine rings is 2. The second-order valence-corrected chi connectivity index (χ2v) is 14.9. The van der Waals surface area contributed by atoms with Gasteiger partial charge in [-0.2, -0.15) is 0 Å². The molecule has 0 atom stereocenters. The van der Waals surface area contributed by atoms with Crippen LogP contribution in [0.1, 0.15) is 19.4 Å². The maximum atomic E-state index is 7.28. The van der Waals surface area contributed by atoms with Crippen molar-refractivity contribution in [3.05, 3.63) is 115 Å². The third-order valence-corrected chi connectivity index (χ3v) is 8.11. The van der Waals surface area contributed by atoms with E-state index in [2.05, 4.69) is 59.9 Å². The van der Waals surface area contributed by atoms with Gasteiger partial charge in [0.05, 0.1) is 8.07 Å². The summed E-state index contributed by atoms with van der Waals surface area (Å²) in [4.78, 5) is 8.66. The van der Waals surface area contributed by atoms with Crippen molar-refractivity contribution in [2.45, 2.75) is 33.3 Å². The van der Waals surface area contributed by atoms with Crippen LogP contribution < -0.4 is 5.19 Å². The molecule has 6 aromatic rings. The summed E-state index contributed by atoms with van der Waals surface area (Å²) in [6, 6.07) is 30.3. The minimum Gasteiger partial charge on any atom is -0.464 e.